The Balaban J connectivity index is 0. The van der Waals surface area contributed by atoms with Gasteiger partial charge in [0.25, 0.3) is 0 Å². The van der Waals surface area contributed by atoms with E-state index in [2.05, 4.69) is 39.9 Å². The summed E-state index contributed by atoms with van der Waals surface area (Å²) in [5, 5.41) is 2.91. The lowest BCUT2D eigenvalue weighted by molar-refractivity contribution is -0.120. The molecule has 0 rings (SSSR count). The third kappa shape index (κ3) is 6.93. The monoisotopic (exact) mass is 201 g/mol. The standard InChI is InChI=1S/C10H21NO.C2H6/c1-7(10(4,5)6)8(2)11-9(3)12;1-2/h7-8H,1-6H3,(H,11,12);1-2H3. The number of carbonyl (C=O) groups is 1. The van der Waals surface area contributed by atoms with E-state index in [-0.39, 0.29) is 17.4 Å². The minimum atomic E-state index is 0.0543. The molecule has 0 fully saturated rings. The van der Waals surface area contributed by atoms with E-state index in [1.54, 1.807) is 6.92 Å². The van der Waals surface area contributed by atoms with Crippen LogP contribution in [0.3, 0.4) is 0 Å². The van der Waals surface area contributed by atoms with Gasteiger partial charge in [0.15, 0.2) is 0 Å². The lowest BCUT2D eigenvalue weighted by Crippen LogP contribution is -2.40. The summed E-state index contributed by atoms with van der Waals surface area (Å²) in [5.41, 5.74) is 0.252. The van der Waals surface area contributed by atoms with Crippen LogP contribution in [0.4, 0.5) is 0 Å². The maximum atomic E-state index is 10.8. The van der Waals surface area contributed by atoms with E-state index in [0.717, 1.165) is 0 Å². The molecule has 2 heteroatoms. The number of hydrogen-bond donors (Lipinski definition) is 1. The fourth-order valence-corrected chi connectivity index (χ4v) is 1.20. The predicted octanol–water partition coefficient (Wildman–Crippen LogP) is 3.22. The zero-order chi connectivity index (χ0) is 11.9. The van der Waals surface area contributed by atoms with Gasteiger partial charge in [-0.2, -0.15) is 0 Å². The van der Waals surface area contributed by atoms with Crippen LogP contribution in [0.15, 0.2) is 0 Å². The zero-order valence-corrected chi connectivity index (χ0v) is 11.1. The summed E-state index contributed by atoms with van der Waals surface area (Å²) in [6, 6.07) is 0.252. The average Bonchev–Trinajstić information content (AvgIpc) is 2.04. The average molecular weight is 201 g/mol. The summed E-state index contributed by atoms with van der Waals surface area (Å²) in [4.78, 5) is 10.8. The quantitative estimate of drug-likeness (QED) is 0.730. The third-order valence-corrected chi connectivity index (χ3v) is 2.55. The van der Waals surface area contributed by atoms with Gasteiger partial charge < -0.3 is 5.32 Å². The molecule has 2 atom stereocenters. The number of rotatable bonds is 2. The second kappa shape index (κ2) is 6.86. The lowest BCUT2D eigenvalue weighted by atomic mass is 9.78. The lowest BCUT2D eigenvalue weighted by Gasteiger charge is -2.32. The van der Waals surface area contributed by atoms with Gasteiger partial charge in [0, 0.05) is 13.0 Å². The Hall–Kier alpha value is -0.530. The fourth-order valence-electron chi connectivity index (χ4n) is 1.20. The van der Waals surface area contributed by atoms with Crippen LogP contribution in [0.25, 0.3) is 0 Å². The first-order chi connectivity index (χ1) is 6.25. The second-order valence-corrected chi connectivity index (χ2v) is 4.64. The molecule has 0 heterocycles. The number of amides is 1. The molecule has 0 aliphatic rings. The molecule has 0 aromatic carbocycles. The molecule has 1 amide bonds. The van der Waals surface area contributed by atoms with E-state index in [0.29, 0.717) is 5.92 Å². The molecule has 86 valence electrons. The van der Waals surface area contributed by atoms with Crippen molar-refractivity contribution >= 4 is 5.91 Å². The molecule has 14 heavy (non-hydrogen) atoms. The summed E-state index contributed by atoms with van der Waals surface area (Å²) < 4.78 is 0. The highest BCUT2D eigenvalue weighted by molar-refractivity contribution is 5.73. The first-order valence-electron chi connectivity index (χ1n) is 5.52. The van der Waals surface area contributed by atoms with Crippen molar-refractivity contribution < 1.29 is 4.79 Å². The Morgan fingerprint density at radius 2 is 1.50 bits per heavy atom. The Kier molecular flexibility index (Phi) is 7.80. The largest absolute Gasteiger partial charge is 0.354 e. The van der Waals surface area contributed by atoms with Crippen molar-refractivity contribution in [3.63, 3.8) is 0 Å². The summed E-state index contributed by atoms with van der Waals surface area (Å²) >= 11 is 0. The van der Waals surface area contributed by atoms with Crippen molar-refractivity contribution in [2.45, 2.75) is 61.4 Å². The minimum Gasteiger partial charge on any atom is -0.354 e. The predicted molar refractivity (Wildman–Crippen MR) is 63.2 cm³/mol. The summed E-state index contributed by atoms with van der Waals surface area (Å²) in [7, 11) is 0. The molecular formula is C12H27NO. The van der Waals surface area contributed by atoms with Crippen molar-refractivity contribution in [3.8, 4) is 0 Å². The molecule has 0 bridgehead atoms. The van der Waals surface area contributed by atoms with Crippen LogP contribution in [-0.2, 0) is 4.79 Å². The summed E-state index contributed by atoms with van der Waals surface area (Å²) in [5.74, 6) is 0.542. The van der Waals surface area contributed by atoms with Crippen molar-refractivity contribution in [2.24, 2.45) is 11.3 Å². The van der Waals surface area contributed by atoms with Crippen LogP contribution in [0.1, 0.15) is 55.4 Å². The second-order valence-electron chi connectivity index (χ2n) is 4.64. The zero-order valence-electron chi connectivity index (χ0n) is 11.1. The number of carbonyl (C=O) groups excluding carboxylic acids is 1. The van der Waals surface area contributed by atoms with Crippen molar-refractivity contribution in [1.82, 2.24) is 5.32 Å². The topological polar surface area (TPSA) is 29.1 Å². The molecule has 0 saturated heterocycles. The highest BCUT2D eigenvalue weighted by Gasteiger charge is 2.25. The molecule has 2 nitrogen and oxygen atoms in total. The smallest absolute Gasteiger partial charge is 0.217 e. The molecule has 0 aromatic rings. The van der Waals surface area contributed by atoms with E-state index < -0.39 is 0 Å². The van der Waals surface area contributed by atoms with E-state index >= 15 is 0 Å². The molecular weight excluding hydrogens is 174 g/mol. The van der Waals surface area contributed by atoms with Gasteiger partial charge in [-0.25, -0.2) is 0 Å². The van der Waals surface area contributed by atoms with E-state index in [9.17, 15) is 4.79 Å². The maximum Gasteiger partial charge on any atom is 0.217 e. The highest BCUT2D eigenvalue weighted by Crippen LogP contribution is 2.27. The van der Waals surface area contributed by atoms with E-state index in [1.165, 1.54) is 0 Å². The number of hydrogen-bond acceptors (Lipinski definition) is 1. The van der Waals surface area contributed by atoms with Gasteiger partial charge in [0.2, 0.25) is 5.91 Å². The molecule has 0 aliphatic heterocycles. The van der Waals surface area contributed by atoms with Crippen LogP contribution in [0.2, 0.25) is 0 Å². The van der Waals surface area contributed by atoms with Crippen LogP contribution >= 0.6 is 0 Å². The summed E-state index contributed by atoms with van der Waals surface area (Å²) in [6.07, 6.45) is 0. The van der Waals surface area contributed by atoms with Crippen LogP contribution < -0.4 is 5.32 Å². The SMILES string of the molecule is CC.CC(=O)NC(C)C(C)C(C)(C)C. The Morgan fingerprint density at radius 1 is 1.14 bits per heavy atom. The van der Waals surface area contributed by atoms with Crippen LogP contribution in [0.5, 0.6) is 0 Å². The third-order valence-electron chi connectivity index (χ3n) is 2.55. The van der Waals surface area contributed by atoms with Gasteiger partial charge in [0.05, 0.1) is 0 Å². The van der Waals surface area contributed by atoms with Gasteiger partial charge in [-0.05, 0) is 18.3 Å². The summed E-state index contributed by atoms with van der Waals surface area (Å²) in [6.45, 7) is 16.4. The molecule has 0 spiro atoms. The fraction of sp³-hybridized carbons (Fsp3) is 0.917. The molecule has 0 aromatic heterocycles. The van der Waals surface area contributed by atoms with E-state index in [1.807, 2.05) is 13.8 Å². The molecule has 0 saturated carbocycles. The van der Waals surface area contributed by atoms with Gasteiger partial charge in [-0.3, -0.25) is 4.79 Å². The Bertz CT molecular complexity index is 158. The van der Waals surface area contributed by atoms with Crippen LogP contribution in [-0.4, -0.2) is 11.9 Å². The normalized spacial score (nSPS) is 14.9. The van der Waals surface area contributed by atoms with Crippen molar-refractivity contribution in [3.05, 3.63) is 0 Å². The van der Waals surface area contributed by atoms with Crippen molar-refractivity contribution in [2.75, 3.05) is 0 Å². The van der Waals surface area contributed by atoms with Crippen molar-refractivity contribution in [1.29, 1.82) is 0 Å². The van der Waals surface area contributed by atoms with Crippen LogP contribution in [0, 0.1) is 11.3 Å². The highest BCUT2D eigenvalue weighted by atomic mass is 16.1. The minimum absolute atomic E-state index is 0.0543. The maximum absolute atomic E-state index is 10.8. The molecule has 2 unspecified atom stereocenters. The first kappa shape index (κ1) is 15.9. The van der Waals surface area contributed by atoms with E-state index in [4.69, 9.17) is 0 Å². The van der Waals surface area contributed by atoms with Gasteiger partial charge in [-0.1, -0.05) is 41.5 Å². The Morgan fingerprint density at radius 3 is 1.71 bits per heavy atom. The number of nitrogens with one attached hydrogen (secondary N) is 1. The molecule has 1 N–H and O–H groups in total. The van der Waals surface area contributed by atoms with Gasteiger partial charge in [-0.15, -0.1) is 0 Å². The molecule has 0 radical (unpaired) electrons. The van der Waals surface area contributed by atoms with Gasteiger partial charge in [0.1, 0.15) is 0 Å². The van der Waals surface area contributed by atoms with Gasteiger partial charge >= 0.3 is 0 Å². The Labute approximate surface area is 89.5 Å². The first-order valence-corrected chi connectivity index (χ1v) is 5.52. The molecule has 0 aliphatic carbocycles.